The summed E-state index contributed by atoms with van der Waals surface area (Å²) in [4.78, 5) is 2.57. The van der Waals surface area contributed by atoms with Gasteiger partial charge in [-0.1, -0.05) is 0 Å². The Labute approximate surface area is 125 Å². The SMILES string of the molecule is COc1cccn2c(CC3CCCN(C(C)C)C3)nnc12. The second-order valence-corrected chi connectivity index (χ2v) is 6.19. The Hall–Kier alpha value is -1.62. The van der Waals surface area contributed by atoms with Gasteiger partial charge in [0, 0.05) is 25.2 Å². The lowest BCUT2D eigenvalue weighted by Crippen LogP contribution is -2.40. The van der Waals surface area contributed by atoms with Crippen LogP contribution >= 0.6 is 0 Å². The summed E-state index contributed by atoms with van der Waals surface area (Å²) >= 11 is 0. The van der Waals surface area contributed by atoms with Crippen molar-refractivity contribution in [3.63, 3.8) is 0 Å². The Morgan fingerprint density at radius 1 is 1.38 bits per heavy atom. The second kappa shape index (κ2) is 6.02. The third-order valence-corrected chi connectivity index (χ3v) is 4.44. The van der Waals surface area contributed by atoms with E-state index in [2.05, 4.69) is 33.3 Å². The van der Waals surface area contributed by atoms with E-state index in [-0.39, 0.29) is 0 Å². The highest BCUT2D eigenvalue weighted by atomic mass is 16.5. The minimum atomic E-state index is 0.628. The molecule has 0 saturated carbocycles. The van der Waals surface area contributed by atoms with Gasteiger partial charge >= 0.3 is 0 Å². The van der Waals surface area contributed by atoms with Gasteiger partial charge in [-0.3, -0.25) is 4.40 Å². The largest absolute Gasteiger partial charge is 0.493 e. The van der Waals surface area contributed by atoms with Crippen molar-refractivity contribution in [1.29, 1.82) is 0 Å². The molecule has 5 heteroatoms. The first-order valence-corrected chi connectivity index (χ1v) is 7.79. The van der Waals surface area contributed by atoms with Crippen LogP contribution in [-0.2, 0) is 6.42 Å². The molecule has 114 valence electrons. The van der Waals surface area contributed by atoms with Gasteiger partial charge in [0.15, 0.2) is 5.75 Å². The van der Waals surface area contributed by atoms with Crippen molar-refractivity contribution in [3.8, 4) is 5.75 Å². The van der Waals surface area contributed by atoms with E-state index in [0.717, 1.165) is 30.2 Å². The molecule has 1 aliphatic heterocycles. The van der Waals surface area contributed by atoms with Gasteiger partial charge < -0.3 is 9.64 Å². The fourth-order valence-electron chi connectivity index (χ4n) is 3.23. The van der Waals surface area contributed by atoms with Gasteiger partial charge in [0.25, 0.3) is 0 Å². The van der Waals surface area contributed by atoms with Crippen LogP contribution in [0, 0.1) is 5.92 Å². The number of rotatable bonds is 4. The molecule has 3 heterocycles. The minimum Gasteiger partial charge on any atom is -0.493 e. The van der Waals surface area contributed by atoms with Crippen molar-refractivity contribution >= 4 is 5.65 Å². The number of hydrogen-bond acceptors (Lipinski definition) is 4. The molecule has 0 amide bonds. The summed E-state index contributed by atoms with van der Waals surface area (Å²) in [5, 5.41) is 8.67. The first kappa shape index (κ1) is 14.3. The molecule has 1 fully saturated rings. The summed E-state index contributed by atoms with van der Waals surface area (Å²) < 4.78 is 7.41. The highest BCUT2D eigenvalue weighted by molar-refractivity contribution is 5.53. The van der Waals surface area contributed by atoms with Crippen molar-refractivity contribution in [2.45, 2.75) is 39.2 Å². The number of methoxy groups -OCH3 is 1. The van der Waals surface area contributed by atoms with Crippen LogP contribution in [0.15, 0.2) is 18.3 Å². The van der Waals surface area contributed by atoms with Crippen LogP contribution in [0.4, 0.5) is 0 Å². The number of nitrogens with zero attached hydrogens (tertiary/aromatic N) is 4. The maximum absolute atomic E-state index is 5.35. The summed E-state index contributed by atoms with van der Waals surface area (Å²) in [6, 6.07) is 4.54. The Morgan fingerprint density at radius 3 is 3.00 bits per heavy atom. The van der Waals surface area contributed by atoms with E-state index in [4.69, 9.17) is 4.74 Å². The maximum Gasteiger partial charge on any atom is 0.203 e. The lowest BCUT2D eigenvalue weighted by atomic mass is 9.93. The average molecular weight is 288 g/mol. The highest BCUT2D eigenvalue weighted by Crippen LogP contribution is 2.23. The van der Waals surface area contributed by atoms with Gasteiger partial charge in [0.05, 0.1) is 7.11 Å². The van der Waals surface area contributed by atoms with Gasteiger partial charge in [-0.2, -0.15) is 0 Å². The topological polar surface area (TPSA) is 42.7 Å². The average Bonchev–Trinajstić information content (AvgIpc) is 2.90. The van der Waals surface area contributed by atoms with E-state index in [1.807, 2.05) is 18.3 Å². The Bertz CT molecular complexity index is 607. The zero-order valence-electron chi connectivity index (χ0n) is 13.1. The van der Waals surface area contributed by atoms with Crippen LogP contribution in [0.2, 0.25) is 0 Å². The van der Waals surface area contributed by atoms with Gasteiger partial charge in [-0.15, -0.1) is 10.2 Å². The lowest BCUT2D eigenvalue weighted by molar-refractivity contribution is 0.138. The number of ether oxygens (including phenoxy) is 1. The zero-order chi connectivity index (χ0) is 14.8. The van der Waals surface area contributed by atoms with Gasteiger partial charge in [-0.05, 0) is 51.3 Å². The molecule has 21 heavy (non-hydrogen) atoms. The summed E-state index contributed by atoms with van der Waals surface area (Å²) in [5.41, 5.74) is 0.812. The number of likely N-dealkylation sites (tertiary alicyclic amines) is 1. The molecule has 3 rings (SSSR count). The molecule has 1 unspecified atom stereocenters. The summed E-state index contributed by atoms with van der Waals surface area (Å²) in [7, 11) is 1.67. The quantitative estimate of drug-likeness (QED) is 0.866. The van der Waals surface area contributed by atoms with E-state index >= 15 is 0 Å². The van der Waals surface area contributed by atoms with Crippen LogP contribution in [-0.4, -0.2) is 45.7 Å². The normalized spacial score (nSPS) is 20.3. The fourth-order valence-corrected chi connectivity index (χ4v) is 3.23. The molecule has 0 N–H and O–H groups in total. The third-order valence-electron chi connectivity index (χ3n) is 4.44. The van der Waals surface area contributed by atoms with Gasteiger partial charge in [0.2, 0.25) is 5.65 Å². The molecule has 5 nitrogen and oxygen atoms in total. The molecule has 0 aromatic carbocycles. The molecule has 0 spiro atoms. The van der Waals surface area contributed by atoms with Crippen molar-refractivity contribution in [3.05, 3.63) is 24.2 Å². The maximum atomic E-state index is 5.35. The smallest absolute Gasteiger partial charge is 0.203 e. The number of pyridine rings is 1. The van der Waals surface area contributed by atoms with E-state index in [9.17, 15) is 0 Å². The van der Waals surface area contributed by atoms with Crippen LogP contribution < -0.4 is 4.74 Å². The monoisotopic (exact) mass is 288 g/mol. The molecule has 0 radical (unpaired) electrons. The summed E-state index contributed by atoms with van der Waals surface area (Å²) in [6.07, 6.45) is 5.57. The molecule has 1 atom stereocenters. The fraction of sp³-hybridized carbons (Fsp3) is 0.625. The summed E-state index contributed by atoms with van der Waals surface area (Å²) in [5.74, 6) is 2.49. The van der Waals surface area contributed by atoms with Gasteiger partial charge in [-0.25, -0.2) is 0 Å². The van der Waals surface area contributed by atoms with E-state index in [1.54, 1.807) is 7.11 Å². The van der Waals surface area contributed by atoms with Crippen LogP contribution in [0.3, 0.4) is 0 Å². The van der Waals surface area contributed by atoms with Crippen molar-refractivity contribution in [2.24, 2.45) is 5.92 Å². The van der Waals surface area contributed by atoms with Crippen molar-refractivity contribution in [2.75, 3.05) is 20.2 Å². The van der Waals surface area contributed by atoms with E-state index < -0.39 is 0 Å². The first-order chi connectivity index (χ1) is 10.2. The van der Waals surface area contributed by atoms with Gasteiger partial charge in [0.1, 0.15) is 5.82 Å². The molecular weight excluding hydrogens is 264 g/mol. The molecule has 1 saturated heterocycles. The van der Waals surface area contributed by atoms with Crippen LogP contribution in [0.5, 0.6) is 5.75 Å². The predicted molar refractivity (Wildman–Crippen MR) is 82.7 cm³/mol. The number of aromatic nitrogens is 3. The Balaban J connectivity index is 1.79. The molecule has 1 aliphatic rings. The van der Waals surface area contributed by atoms with E-state index in [0.29, 0.717) is 12.0 Å². The lowest BCUT2D eigenvalue weighted by Gasteiger charge is -2.35. The van der Waals surface area contributed by atoms with Crippen LogP contribution in [0.1, 0.15) is 32.5 Å². The molecule has 2 aromatic rings. The second-order valence-electron chi connectivity index (χ2n) is 6.19. The Morgan fingerprint density at radius 2 is 2.24 bits per heavy atom. The molecule has 2 aromatic heterocycles. The number of hydrogen-bond donors (Lipinski definition) is 0. The highest BCUT2D eigenvalue weighted by Gasteiger charge is 2.23. The summed E-state index contributed by atoms with van der Waals surface area (Å²) in [6.45, 7) is 6.94. The van der Waals surface area contributed by atoms with Crippen molar-refractivity contribution < 1.29 is 4.74 Å². The minimum absolute atomic E-state index is 0.628. The zero-order valence-corrected chi connectivity index (χ0v) is 13.1. The predicted octanol–water partition coefficient (Wildman–Crippen LogP) is 2.40. The number of fused-ring (bicyclic) bond motifs is 1. The molecular formula is C16H24N4O. The van der Waals surface area contributed by atoms with Crippen molar-refractivity contribution in [1.82, 2.24) is 19.5 Å². The molecule has 0 aliphatic carbocycles. The van der Waals surface area contributed by atoms with E-state index in [1.165, 1.54) is 19.4 Å². The first-order valence-electron chi connectivity index (χ1n) is 7.79. The molecule has 0 bridgehead atoms. The third kappa shape index (κ3) is 2.88. The van der Waals surface area contributed by atoms with Crippen LogP contribution in [0.25, 0.3) is 5.65 Å². The number of piperidine rings is 1. The Kier molecular flexibility index (Phi) is 4.10. The standard InChI is InChI=1S/C16H24N4O/c1-12(2)19-8-4-6-13(11-19)10-15-17-18-16-14(21-3)7-5-9-20(15)16/h5,7,9,12-13H,4,6,8,10-11H2,1-3H3.